The first kappa shape index (κ1) is 22.2. The van der Waals surface area contributed by atoms with Crippen LogP contribution in [-0.2, 0) is 27.5 Å². The third kappa shape index (κ3) is 4.06. The summed E-state index contributed by atoms with van der Waals surface area (Å²) in [5.41, 5.74) is 3.46. The highest BCUT2D eigenvalue weighted by molar-refractivity contribution is 5.94. The normalized spacial score (nSPS) is 26.2. The van der Waals surface area contributed by atoms with Crippen molar-refractivity contribution in [2.75, 3.05) is 6.54 Å². The lowest BCUT2D eigenvalue weighted by atomic mass is 9.95. The lowest BCUT2D eigenvalue weighted by molar-refractivity contribution is -0.135. The van der Waals surface area contributed by atoms with Crippen molar-refractivity contribution in [3.8, 4) is 6.07 Å². The van der Waals surface area contributed by atoms with Gasteiger partial charge in [-0.3, -0.25) is 14.4 Å². The van der Waals surface area contributed by atoms with Gasteiger partial charge in [0.15, 0.2) is 0 Å². The van der Waals surface area contributed by atoms with Crippen LogP contribution in [0.25, 0.3) is 0 Å². The summed E-state index contributed by atoms with van der Waals surface area (Å²) in [6.45, 7) is 4.36. The number of fused-ring (bicyclic) bond motifs is 1. The Balaban J connectivity index is 1.38. The molecule has 3 heterocycles. The maximum Gasteiger partial charge on any atom is 0.268 e. The number of halogens is 2. The van der Waals surface area contributed by atoms with E-state index in [1.807, 2.05) is 12.1 Å². The molecule has 0 aliphatic carbocycles. The molecule has 0 saturated carbocycles. The van der Waals surface area contributed by atoms with Gasteiger partial charge in [0.25, 0.3) is 5.92 Å². The molecule has 1 N–H and O–H groups in total. The summed E-state index contributed by atoms with van der Waals surface area (Å²) in [4.78, 5) is 40.6. The number of benzene rings is 1. The largest absolute Gasteiger partial charge is 0.344 e. The van der Waals surface area contributed by atoms with E-state index in [9.17, 15) is 23.2 Å². The van der Waals surface area contributed by atoms with Crippen LogP contribution >= 0.6 is 0 Å². The second kappa shape index (κ2) is 8.15. The highest BCUT2D eigenvalue weighted by Gasteiger charge is 2.50. The Morgan fingerprint density at radius 3 is 2.75 bits per heavy atom. The second-order valence-electron chi connectivity index (χ2n) is 9.26. The molecule has 0 radical (unpaired) electrons. The van der Waals surface area contributed by atoms with Crippen molar-refractivity contribution in [1.82, 2.24) is 15.1 Å². The number of likely N-dealkylation sites (tertiary alicyclic amines) is 1. The Morgan fingerprint density at radius 2 is 2.06 bits per heavy atom. The van der Waals surface area contributed by atoms with Crippen molar-refractivity contribution >= 4 is 17.7 Å². The van der Waals surface area contributed by atoms with Gasteiger partial charge in [-0.25, -0.2) is 8.78 Å². The van der Waals surface area contributed by atoms with Crippen molar-refractivity contribution in [2.45, 2.75) is 70.1 Å². The molecule has 2 fully saturated rings. The van der Waals surface area contributed by atoms with Gasteiger partial charge >= 0.3 is 0 Å². The van der Waals surface area contributed by atoms with E-state index >= 15 is 0 Å². The fourth-order valence-electron chi connectivity index (χ4n) is 4.95. The van der Waals surface area contributed by atoms with E-state index in [0.29, 0.717) is 19.0 Å². The van der Waals surface area contributed by atoms with Crippen LogP contribution in [0.5, 0.6) is 0 Å². The lowest BCUT2D eigenvalue weighted by Crippen LogP contribution is -2.46. The number of carbonyl (C=O) groups is 3. The number of carbonyl (C=O) groups excluding carboxylic acids is 3. The molecule has 0 aromatic heterocycles. The molecule has 7 nitrogen and oxygen atoms in total. The van der Waals surface area contributed by atoms with Gasteiger partial charge in [0.2, 0.25) is 17.7 Å². The van der Waals surface area contributed by atoms with Crippen molar-refractivity contribution in [3.63, 3.8) is 0 Å². The molecule has 3 aliphatic heterocycles. The molecule has 3 amide bonds. The van der Waals surface area contributed by atoms with Crippen LogP contribution in [0.15, 0.2) is 18.2 Å². The lowest BCUT2D eigenvalue weighted by Gasteiger charge is -2.22. The van der Waals surface area contributed by atoms with Gasteiger partial charge in [0.1, 0.15) is 12.1 Å². The molecule has 170 valence electrons. The number of hydrogen-bond acceptors (Lipinski definition) is 4. The van der Waals surface area contributed by atoms with Crippen molar-refractivity contribution in [1.29, 1.82) is 5.26 Å². The summed E-state index contributed by atoms with van der Waals surface area (Å²) in [5.74, 6) is -4.78. The summed E-state index contributed by atoms with van der Waals surface area (Å²) >= 11 is 0. The Morgan fingerprint density at radius 1 is 1.31 bits per heavy atom. The molecule has 0 bridgehead atoms. The minimum Gasteiger partial charge on any atom is -0.344 e. The molecule has 0 spiro atoms. The minimum atomic E-state index is -3.12. The van der Waals surface area contributed by atoms with Crippen molar-refractivity contribution in [3.05, 3.63) is 34.9 Å². The molecule has 0 unspecified atom stereocenters. The van der Waals surface area contributed by atoms with Gasteiger partial charge < -0.3 is 15.1 Å². The average Bonchev–Trinajstić information content (AvgIpc) is 3.41. The SMILES string of the molecule is CC(C)c1cccc2c1CN(C(=O)C[C@@H]1C[C@@H](C(=O)N3CC(F)(F)C[C@H]3C#N)NC1=O)C2. The van der Waals surface area contributed by atoms with Crippen LogP contribution in [0, 0.1) is 17.2 Å². The number of nitrogens with zero attached hydrogens (tertiary/aromatic N) is 3. The quantitative estimate of drug-likeness (QED) is 0.771. The molecule has 3 aliphatic rings. The maximum atomic E-state index is 13.7. The molecule has 1 aromatic rings. The third-order valence-electron chi connectivity index (χ3n) is 6.62. The number of rotatable bonds is 4. The van der Waals surface area contributed by atoms with Crippen LogP contribution in [0.1, 0.15) is 55.7 Å². The predicted octanol–water partition coefficient (Wildman–Crippen LogP) is 2.31. The van der Waals surface area contributed by atoms with Crippen LogP contribution in [0.4, 0.5) is 8.78 Å². The van der Waals surface area contributed by atoms with E-state index in [1.54, 1.807) is 11.0 Å². The topological polar surface area (TPSA) is 93.5 Å². The van der Waals surface area contributed by atoms with Crippen LogP contribution < -0.4 is 5.32 Å². The molecule has 32 heavy (non-hydrogen) atoms. The number of nitrogens with one attached hydrogen (secondary N) is 1. The smallest absolute Gasteiger partial charge is 0.268 e. The number of alkyl halides is 2. The average molecular weight is 444 g/mol. The first-order valence-corrected chi connectivity index (χ1v) is 10.9. The predicted molar refractivity (Wildman–Crippen MR) is 110 cm³/mol. The fraction of sp³-hybridized carbons (Fsp3) is 0.565. The van der Waals surface area contributed by atoms with E-state index in [4.69, 9.17) is 5.26 Å². The number of amides is 3. The second-order valence-corrected chi connectivity index (χ2v) is 9.26. The molecule has 4 rings (SSSR count). The molecule has 3 atom stereocenters. The van der Waals surface area contributed by atoms with E-state index < -0.39 is 48.7 Å². The van der Waals surface area contributed by atoms with Gasteiger partial charge in [-0.2, -0.15) is 5.26 Å². The van der Waals surface area contributed by atoms with E-state index in [0.717, 1.165) is 16.0 Å². The standard InChI is InChI=1S/C23H26F2N4O3/c1-13(2)17-5-3-4-14-10-28(11-18(14)17)20(30)7-15-6-19(27-21(15)31)22(32)29-12-23(24,25)8-16(29)9-26/h3-5,13,15-16,19H,6-8,10-12H2,1-2H3,(H,27,31)/t15-,16-,19-/m0/s1. The molecule has 1 aromatic carbocycles. The highest BCUT2D eigenvalue weighted by atomic mass is 19.3. The summed E-state index contributed by atoms with van der Waals surface area (Å²) in [5, 5.41) is 11.7. The van der Waals surface area contributed by atoms with E-state index in [-0.39, 0.29) is 18.7 Å². The van der Waals surface area contributed by atoms with E-state index in [1.165, 1.54) is 5.56 Å². The highest BCUT2D eigenvalue weighted by Crippen LogP contribution is 2.34. The Kier molecular flexibility index (Phi) is 5.65. The molecular formula is C23H26F2N4O3. The zero-order chi connectivity index (χ0) is 23.2. The molecular weight excluding hydrogens is 418 g/mol. The third-order valence-corrected chi connectivity index (χ3v) is 6.62. The Labute approximate surface area is 185 Å². The summed E-state index contributed by atoms with van der Waals surface area (Å²) in [6, 6.07) is 5.58. The molecule has 2 saturated heterocycles. The summed E-state index contributed by atoms with van der Waals surface area (Å²) in [6.07, 6.45) is -0.689. The van der Waals surface area contributed by atoms with Crippen LogP contribution in [-0.4, -0.2) is 52.1 Å². The van der Waals surface area contributed by atoms with Crippen LogP contribution in [0.2, 0.25) is 0 Å². The Hall–Kier alpha value is -3.02. The minimum absolute atomic E-state index is 0.0432. The zero-order valence-electron chi connectivity index (χ0n) is 18.1. The van der Waals surface area contributed by atoms with Crippen LogP contribution in [0.3, 0.4) is 0 Å². The Bertz CT molecular complexity index is 1000. The van der Waals surface area contributed by atoms with Gasteiger partial charge in [0, 0.05) is 31.8 Å². The first-order valence-electron chi connectivity index (χ1n) is 10.9. The maximum absolute atomic E-state index is 13.7. The first-order chi connectivity index (χ1) is 15.1. The van der Waals surface area contributed by atoms with Gasteiger partial charge in [-0.05, 0) is 29.0 Å². The number of nitriles is 1. The van der Waals surface area contributed by atoms with Crippen molar-refractivity contribution in [2.24, 2.45) is 5.92 Å². The monoisotopic (exact) mass is 444 g/mol. The molecule has 9 heteroatoms. The van der Waals surface area contributed by atoms with Crippen molar-refractivity contribution < 1.29 is 23.2 Å². The summed E-state index contributed by atoms with van der Waals surface area (Å²) in [7, 11) is 0. The van der Waals surface area contributed by atoms with E-state index in [2.05, 4.69) is 25.2 Å². The van der Waals surface area contributed by atoms with Gasteiger partial charge in [-0.1, -0.05) is 32.0 Å². The van der Waals surface area contributed by atoms with Gasteiger partial charge in [-0.15, -0.1) is 0 Å². The fourth-order valence-corrected chi connectivity index (χ4v) is 4.95. The number of hydrogen-bond donors (Lipinski definition) is 1. The van der Waals surface area contributed by atoms with Gasteiger partial charge in [0.05, 0.1) is 12.6 Å². The summed E-state index contributed by atoms with van der Waals surface area (Å²) < 4.78 is 27.4. The zero-order valence-corrected chi connectivity index (χ0v) is 18.1.